The Balaban J connectivity index is 1.53. The molecule has 1 aromatic rings. The maximum absolute atomic E-state index is 12.4. The highest BCUT2D eigenvalue weighted by Gasteiger charge is 2.30. The van der Waals surface area contributed by atoms with Crippen LogP contribution < -0.4 is 4.90 Å². The summed E-state index contributed by atoms with van der Waals surface area (Å²) in [5.74, 6) is 0.199. The van der Waals surface area contributed by atoms with Crippen LogP contribution in [0.2, 0.25) is 0 Å². The third-order valence-corrected chi connectivity index (χ3v) is 4.51. The van der Waals surface area contributed by atoms with Gasteiger partial charge >= 0.3 is 11.8 Å². The van der Waals surface area contributed by atoms with Crippen molar-refractivity contribution in [2.45, 2.75) is 0 Å². The van der Waals surface area contributed by atoms with E-state index >= 15 is 0 Å². The number of piperazine rings is 2. The van der Waals surface area contributed by atoms with Crippen molar-refractivity contribution in [1.29, 1.82) is 0 Å². The first kappa shape index (κ1) is 15.7. The minimum Gasteiger partial charge on any atom is -0.353 e. The Morgan fingerprint density at radius 1 is 0.870 bits per heavy atom. The Labute approximate surface area is 136 Å². The van der Waals surface area contributed by atoms with Gasteiger partial charge in [0.05, 0.1) is 0 Å². The van der Waals surface area contributed by atoms with Crippen LogP contribution in [-0.4, -0.2) is 90.9 Å². The number of anilines is 1. The summed E-state index contributed by atoms with van der Waals surface area (Å²) in [7, 11) is 2.03. The maximum atomic E-state index is 12.4. The molecule has 2 aliphatic rings. The van der Waals surface area contributed by atoms with Gasteiger partial charge in [0.15, 0.2) is 0 Å². The van der Waals surface area contributed by atoms with Crippen LogP contribution in [-0.2, 0) is 9.59 Å². The summed E-state index contributed by atoms with van der Waals surface area (Å²) in [6.07, 6.45) is 1.77. The monoisotopic (exact) mass is 317 g/mol. The molecule has 0 saturated carbocycles. The van der Waals surface area contributed by atoms with Gasteiger partial charge in [0.1, 0.15) is 5.82 Å². The zero-order valence-corrected chi connectivity index (χ0v) is 13.5. The molecule has 0 unspecified atom stereocenters. The average molecular weight is 317 g/mol. The Morgan fingerprint density at radius 2 is 1.43 bits per heavy atom. The molecule has 0 N–H and O–H groups in total. The van der Waals surface area contributed by atoms with Gasteiger partial charge in [-0.3, -0.25) is 9.59 Å². The third kappa shape index (κ3) is 3.61. The first-order valence-electron chi connectivity index (χ1n) is 8.08. The summed E-state index contributed by atoms with van der Waals surface area (Å²) >= 11 is 0. The molecule has 7 nitrogen and oxygen atoms in total. The van der Waals surface area contributed by atoms with Crippen molar-refractivity contribution in [3.8, 4) is 0 Å². The number of pyridine rings is 1. The van der Waals surface area contributed by atoms with E-state index in [2.05, 4.69) is 14.8 Å². The maximum Gasteiger partial charge on any atom is 0.312 e. The van der Waals surface area contributed by atoms with Crippen molar-refractivity contribution in [3.05, 3.63) is 24.4 Å². The van der Waals surface area contributed by atoms with Gasteiger partial charge < -0.3 is 19.6 Å². The second-order valence-corrected chi connectivity index (χ2v) is 6.06. The van der Waals surface area contributed by atoms with E-state index in [1.165, 1.54) is 0 Å². The predicted molar refractivity (Wildman–Crippen MR) is 87.1 cm³/mol. The smallest absolute Gasteiger partial charge is 0.312 e. The molecule has 2 amide bonds. The first-order valence-corrected chi connectivity index (χ1v) is 8.08. The van der Waals surface area contributed by atoms with E-state index in [4.69, 9.17) is 0 Å². The second kappa shape index (κ2) is 6.95. The zero-order valence-electron chi connectivity index (χ0n) is 13.5. The average Bonchev–Trinajstić information content (AvgIpc) is 2.62. The number of hydrogen-bond donors (Lipinski definition) is 0. The molecule has 1 aromatic heterocycles. The van der Waals surface area contributed by atoms with E-state index in [1.807, 2.05) is 25.2 Å². The van der Waals surface area contributed by atoms with Gasteiger partial charge in [-0.05, 0) is 19.2 Å². The third-order valence-electron chi connectivity index (χ3n) is 4.51. The quantitative estimate of drug-likeness (QED) is 0.654. The van der Waals surface area contributed by atoms with E-state index in [0.29, 0.717) is 39.3 Å². The lowest BCUT2D eigenvalue weighted by molar-refractivity contribution is -0.152. The van der Waals surface area contributed by atoms with Gasteiger partial charge in [0.2, 0.25) is 0 Å². The largest absolute Gasteiger partial charge is 0.353 e. The summed E-state index contributed by atoms with van der Waals surface area (Å²) in [5, 5.41) is 0. The molecule has 2 fully saturated rings. The van der Waals surface area contributed by atoms with Crippen LogP contribution in [0.1, 0.15) is 0 Å². The van der Waals surface area contributed by atoms with Gasteiger partial charge in [-0.2, -0.15) is 0 Å². The fraction of sp³-hybridized carbons (Fsp3) is 0.562. The Bertz CT molecular complexity index is 549. The zero-order chi connectivity index (χ0) is 16.2. The van der Waals surface area contributed by atoms with E-state index in [9.17, 15) is 9.59 Å². The van der Waals surface area contributed by atoms with Crippen LogP contribution >= 0.6 is 0 Å². The summed E-state index contributed by atoms with van der Waals surface area (Å²) in [4.78, 5) is 36.7. The topological polar surface area (TPSA) is 60.0 Å². The molecule has 0 bridgehead atoms. The molecule has 0 aliphatic carbocycles. The van der Waals surface area contributed by atoms with Crippen molar-refractivity contribution in [1.82, 2.24) is 19.7 Å². The van der Waals surface area contributed by atoms with Crippen molar-refractivity contribution in [2.75, 3.05) is 64.3 Å². The fourth-order valence-corrected chi connectivity index (χ4v) is 2.96. The molecule has 124 valence electrons. The summed E-state index contributed by atoms with van der Waals surface area (Å²) < 4.78 is 0. The number of likely N-dealkylation sites (N-methyl/N-ethyl adjacent to an activating group) is 1. The molecule has 3 rings (SSSR count). The molecule has 2 saturated heterocycles. The van der Waals surface area contributed by atoms with E-state index in [-0.39, 0.29) is 11.8 Å². The van der Waals surface area contributed by atoms with Crippen molar-refractivity contribution < 1.29 is 9.59 Å². The molecular formula is C16H23N5O2. The van der Waals surface area contributed by atoms with Gasteiger partial charge in [0.25, 0.3) is 0 Å². The lowest BCUT2D eigenvalue weighted by Crippen LogP contribution is -2.56. The van der Waals surface area contributed by atoms with Crippen molar-refractivity contribution in [3.63, 3.8) is 0 Å². The fourth-order valence-electron chi connectivity index (χ4n) is 2.96. The van der Waals surface area contributed by atoms with Crippen LogP contribution in [0.15, 0.2) is 24.4 Å². The minimum absolute atomic E-state index is 0.357. The minimum atomic E-state index is -0.366. The molecule has 0 aromatic carbocycles. The van der Waals surface area contributed by atoms with Crippen LogP contribution in [0.5, 0.6) is 0 Å². The molecule has 0 atom stereocenters. The summed E-state index contributed by atoms with van der Waals surface area (Å²) in [6, 6.07) is 5.81. The molecular weight excluding hydrogens is 294 g/mol. The van der Waals surface area contributed by atoms with Crippen LogP contribution in [0.3, 0.4) is 0 Å². The number of hydrogen-bond acceptors (Lipinski definition) is 5. The Kier molecular flexibility index (Phi) is 4.76. The second-order valence-electron chi connectivity index (χ2n) is 6.06. The lowest BCUT2D eigenvalue weighted by Gasteiger charge is -2.37. The number of aromatic nitrogens is 1. The molecule has 23 heavy (non-hydrogen) atoms. The Morgan fingerprint density at radius 3 is 1.96 bits per heavy atom. The standard InChI is InChI=1S/C16H23N5O2/c1-18-6-8-20(9-7-18)15(22)16(23)21-12-10-19(11-13-21)14-4-2-3-5-17-14/h2-5H,6-13H2,1H3. The van der Waals surface area contributed by atoms with Crippen molar-refractivity contribution >= 4 is 17.6 Å². The number of rotatable bonds is 1. The van der Waals surface area contributed by atoms with Gasteiger partial charge in [0, 0.05) is 58.6 Å². The highest BCUT2D eigenvalue weighted by molar-refractivity contribution is 6.34. The number of carbonyl (C=O) groups excluding carboxylic acids is 2. The van der Waals surface area contributed by atoms with E-state index < -0.39 is 0 Å². The van der Waals surface area contributed by atoms with Gasteiger partial charge in [-0.25, -0.2) is 4.98 Å². The van der Waals surface area contributed by atoms with Crippen molar-refractivity contribution in [2.24, 2.45) is 0 Å². The number of amides is 2. The highest BCUT2D eigenvalue weighted by Crippen LogP contribution is 2.13. The molecule has 0 radical (unpaired) electrons. The molecule has 2 aliphatic heterocycles. The van der Waals surface area contributed by atoms with Crippen LogP contribution in [0.4, 0.5) is 5.82 Å². The highest BCUT2D eigenvalue weighted by atomic mass is 16.2. The summed E-state index contributed by atoms with van der Waals surface area (Å²) in [6.45, 7) is 5.46. The SMILES string of the molecule is CN1CCN(C(=O)C(=O)N2CCN(c3ccccn3)CC2)CC1. The van der Waals surface area contributed by atoms with Crippen LogP contribution in [0, 0.1) is 0 Å². The Hall–Kier alpha value is -2.15. The summed E-state index contributed by atoms with van der Waals surface area (Å²) in [5.41, 5.74) is 0. The number of carbonyl (C=O) groups is 2. The predicted octanol–water partition coefficient (Wildman–Crippen LogP) is -0.496. The van der Waals surface area contributed by atoms with Gasteiger partial charge in [-0.1, -0.05) is 6.07 Å². The number of nitrogens with zero attached hydrogens (tertiary/aromatic N) is 5. The first-order chi connectivity index (χ1) is 11.1. The normalized spacial score (nSPS) is 19.8. The van der Waals surface area contributed by atoms with E-state index in [0.717, 1.165) is 18.9 Å². The molecule has 7 heteroatoms. The van der Waals surface area contributed by atoms with Gasteiger partial charge in [-0.15, -0.1) is 0 Å². The van der Waals surface area contributed by atoms with Crippen LogP contribution in [0.25, 0.3) is 0 Å². The molecule has 0 spiro atoms. The van der Waals surface area contributed by atoms with E-state index in [1.54, 1.807) is 16.0 Å². The lowest BCUT2D eigenvalue weighted by atomic mass is 10.2. The molecule has 3 heterocycles.